The SMILES string of the molecule is CC(CNCc1ccccc1[N+](=O)[O-])C(C)(C)C. The molecule has 4 heteroatoms. The summed E-state index contributed by atoms with van der Waals surface area (Å²) in [5, 5.41) is 14.2. The maximum absolute atomic E-state index is 10.9. The number of rotatable bonds is 5. The first-order chi connectivity index (χ1) is 8.32. The fourth-order valence-electron chi connectivity index (χ4n) is 1.57. The molecule has 0 aliphatic rings. The number of nitro benzene ring substituents is 1. The molecule has 1 N–H and O–H groups in total. The predicted molar refractivity (Wildman–Crippen MR) is 73.4 cm³/mol. The quantitative estimate of drug-likeness (QED) is 0.644. The van der Waals surface area contributed by atoms with Crippen LogP contribution >= 0.6 is 0 Å². The van der Waals surface area contributed by atoms with Crippen molar-refractivity contribution in [1.29, 1.82) is 0 Å². The van der Waals surface area contributed by atoms with E-state index in [9.17, 15) is 10.1 Å². The van der Waals surface area contributed by atoms with Crippen LogP contribution < -0.4 is 5.32 Å². The second-order valence-electron chi connectivity index (χ2n) is 5.78. The van der Waals surface area contributed by atoms with Gasteiger partial charge >= 0.3 is 0 Å². The van der Waals surface area contributed by atoms with E-state index in [0.29, 0.717) is 12.5 Å². The Morgan fingerprint density at radius 2 is 1.94 bits per heavy atom. The standard InChI is InChI=1S/C14H22N2O2/c1-11(14(2,3)4)9-15-10-12-7-5-6-8-13(12)16(17)18/h5-8,11,15H,9-10H2,1-4H3. The molecule has 0 aliphatic heterocycles. The van der Waals surface area contributed by atoms with Gasteiger partial charge in [-0.3, -0.25) is 10.1 Å². The molecule has 0 heterocycles. The van der Waals surface area contributed by atoms with Gasteiger partial charge < -0.3 is 5.32 Å². The van der Waals surface area contributed by atoms with E-state index in [0.717, 1.165) is 12.1 Å². The first kappa shape index (κ1) is 14.6. The molecule has 0 fully saturated rings. The van der Waals surface area contributed by atoms with E-state index in [2.05, 4.69) is 33.0 Å². The minimum atomic E-state index is -0.329. The molecule has 4 nitrogen and oxygen atoms in total. The lowest BCUT2D eigenvalue weighted by Gasteiger charge is -2.27. The highest BCUT2D eigenvalue weighted by molar-refractivity contribution is 5.39. The summed E-state index contributed by atoms with van der Waals surface area (Å²) in [6.45, 7) is 10.2. The molecule has 1 atom stereocenters. The Bertz CT molecular complexity index is 411. The summed E-state index contributed by atoms with van der Waals surface area (Å²) in [5.74, 6) is 0.514. The molecule has 1 aromatic carbocycles. The summed E-state index contributed by atoms with van der Waals surface area (Å²) in [7, 11) is 0. The number of nitrogens with zero attached hydrogens (tertiary/aromatic N) is 1. The highest BCUT2D eigenvalue weighted by Crippen LogP contribution is 2.24. The van der Waals surface area contributed by atoms with Crippen LogP contribution in [0.2, 0.25) is 0 Å². The van der Waals surface area contributed by atoms with Crippen LogP contribution in [0.1, 0.15) is 33.3 Å². The van der Waals surface area contributed by atoms with Gasteiger partial charge in [0.05, 0.1) is 4.92 Å². The van der Waals surface area contributed by atoms with Crippen LogP contribution in [0.4, 0.5) is 5.69 Å². The van der Waals surface area contributed by atoms with Gasteiger partial charge in [0.1, 0.15) is 0 Å². The Balaban J connectivity index is 2.57. The molecule has 1 unspecified atom stereocenters. The van der Waals surface area contributed by atoms with Crippen LogP contribution in [0.3, 0.4) is 0 Å². The van der Waals surface area contributed by atoms with Crippen LogP contribution in [0, 0.1) is 21.4 Å². The summed E-state index contributed by atoms with van der Waals surface area (Å²) in [4.78, 5) is 10.5. The maximum Gasteiger partial charge on any atom is 0.273 e. The van der Waals surface area contributed by atoms with E-state index in [4.69, 9.17) is 0 Å². The number of benzene rings is 1. The molecule has 0 amide bonds. The summed E-state index contributed by atoms with van der Waals surface area (Å²) < 4.78 is 0. The van der Waals surface area contributed by atoms with Crippen molar-refractivity contribution in [2.24, 2.45) is 11.3 Å². The highest BCUT2D eigenvalue weighted by atomic mass is 16.6. The molecule has 0 aromatic heterocycles. The van der Waals surface area contributed by atoms with Crippen molar-refractivity contribution >= 4 is 5.69 Å². The van der Waals surface area contributed by atoms with Crippen molar-refractivity contribution < 1.29 is 4.92 Å². The Hall–Kier alpha value is -1.42. The van der Waals surface area contributed by atoms with E-state index in [1.807, 2.05) is 6.07 Å². The molecule has 0 bridgehead atoms. The fourth-order valence-corrected chi connectivity index (χ4v) is 1.57. The summed E-state index contributed by atoms with van der Waals surface area (Å²) >= 11 is 0. The van der Waals surface area contributed by atoms with E-state index in [1.165, 1.54) is 0 Å². The first-order valence-corrected chi connectivity index (χ1v) is 6.25. The smallest absolute Gasteiger partial charge is 0.273 e. The van der Waals surface area contributed by atoms with E-state index < -0.39 is 0 Å². The van der Waals surface area contributed by atoms with Crippen LogP contribution in [-0.2, 0) is 6.54 Å². The summed E-state index contributed by atoms with van der Waals surface area (Å²) in [6, 6.07) is 6.87. The van der Waals surface area contributed by atoms with Crippen molar-refractivity contribution in [3.05, 3.63) is 39.9 Å². The molecule has 1 rings (SSSR count). The third kappa shape index (κ3) is 4.11. The lowest BCUT2D eigenvalue weighted by molar-refractivity contribution is -0.385. The first-order valence-electron chi connectivity index (χ1n) is 6.25. The van der Waals surface area contributed by atoms with Crippen molar-refractivity contribution in [3.63, 3.8) is 0 Å². The lowest BCUT2D eigenvalue weighted by Crippen LogP contribution is -2.29. The Kier molecular flexibility index (Phi) is 4.84. The van der Waals surface area contributed by atoms with Crippen molar-refractivity contribution in [1.82, 2.24) is 5.32 Å². The van der Waals surface area contributed by atoms with E-state index in [-0.39, 0.29) is 16.0 Å². The fraction of sp³-hybridized carbons (Fsp3) is 0.571. The van der Waals surface area contributed by atoms with Gasteiger partial charge in [0.25, 0.3) is 5.69 Å². The van der Waals surface area contributed by atoms with Crippen LogP contribution in [0.5, 0.6) is 0 Å². The highest BCUT2D eigenvalue weighted by Gasteiger charge is 2.19. The molecule has 1 aromatic rings. The third-order valence-corrected chi connectivity index (χ3v) is 3.43. The molecule has 0 saturated carbocycles. The average molecular weight is 250 g/mol. The Morgan fingerprint density at radius 3 is 2.50 bits per heavy atom. The molecule has 0 aliphatic carbocycles. The Labute approximate surface area is 109 Å². The van der Waals surface area contributed by atoms with Gasteiger partial charge in [-0.1, -0.05) is 45.9 Å². The molecule has 0 spiro atoms. The van der Waals surface area contributed by atoms with Crippen molar-refractivity contribution in [2.45, 2.75) is 34.2 Å². The summed E-state index contributed by atoms with van der Waals surface area (Å²) in [6.07, 6.45) is 0. The predicted octanol–water partition coefficient (Wildman–Crippen LogP) is 3.37. The molecule has 0 saturated heterocycles. The minimum Gasteiger partial charge on any atom is -0.312 e. The zero-order chi connectivity index (χ0) is 13.8. The number of nitrogens with one attached hydrogen (secondary N) is 1. The van der Waals surface area contributed by atoms with Gasteiger partial charge in [0, 0.05) is 18.2 Å². The minimum absolute atomic E-state index is 0.188. The van der Waals surface area contributed by atoms with E-state index in [1.54, 1.807) is 18.2 Å². The van der Waals surface area contributed by atoms with Gasteiger partial charge in [0.15, 0.2) is 0 Å². The van der Waals surface area contributed by atoms with Gasteiger partial charge in [0.2, 0.25) is 0 Å². The molecule has 100 valence electrons. The zero-order valence-corrected chi connectivity index (χ0v) is 11.6. The monoisotopic (exact) mass is 250 g/mol. The van der Waals surface area contributed by atoms with Crippen molar-refractivity contribution in [3.8, 4) is 0 Å². The second kappa shape index (κ2) is 5.96. The number of hydrogen-bond donors (Lipinski definition) is 1. The number of nitro groups is 1. The number of para-hydroxylation sites is 1. The zero-order valence-electron chi connectivity index (χ0n) is 11.6. The molecular weight excluding hydrogens is 228 g/mol. The topological polar surface area (TPSA) is 55.2 Å². The molecule has 18 heavy (non-hydrogen) atoms. The van der Waals surface area contributed by atoms with Gasteiger partial charge in [-0.2, -0.15) is 0 Å². The van der Waals surface area contributed by atoms with Crippen molar-refractivity contribution in [2.75, 3.05) is 6.54 Å². The largest absolute Gasteiger partial charge is 0.312 e. The third-order valence-electron chi connectivity index (χ3n) is 3.43. The van der Waals surface area contributed by atoms with Crippen LogP contribution in [0.25, 0.3) is 0 Å². The van der Waals surface area contributed by atoms with Crippen LogP contribution in [-0.4, -0.2) is 11.5 Å². The van der Waals surface area contributed by atoms with Gasteiger partial charge in [-0.15, -0.1) is 0 Å². The van der Waals surface area contributed by atoms with Gasteiger partial charge in [-0.25, -0.2) is 0 Å². The molecule has 0 radical (unpaired) electrons. The second-order valence-corrected chi connectivity index (χ2v) is 5.78. The average Bonchev–Trinajstić information content (AvgIpc) is 2.28. The molecular formula is C14H22N2O2. The maximum atomic E-state index is 10.9. The van der Waals surface area contributed by atoms with E-state index >= 15 is 0 Å². The summed E-state index contributed by atoms with van der Waals surface area (Å²) in [5.41, 5.74) is 1.17. The van der Waals surface area contributed by atoms with Gasteiger partial charge in [-0.05, 0) is 17.9 Å². The number of hydrogen-bond acceptors (Lipinski definition) is 3. The Morgan fingerprint density at radius 1 is 1.33 bits per heavy atom. The lowest BCUT2D eigenvalue weighted by atomic mass is 9.82. The van der Waals surface area contributed by atoms with Crippen LogP contribution in [0.15, 0.2) is 24.3 Å². The normalized spacial score (nSPS) is 13.3.